The van der Waals surface area contributed by atoms with Crippen LogP contribution >= 0.6 is 0 Å². The van der Waals surface area contributed by atoms with Gasteiger partial charge in [-0.05, 0) is 18.4 Å². The van der Waals surface area contributed by atoms with Crippen LogP contribution in [0.3, 0.4) is 0 Å². The van der Waals surface area contributed by atoms with Gasteiger partial charge in [0.15, 0.2) is 5.03 Å². The first-order valence-electron chi connectivity index (χ1n) is 9.94. The number of hydrogen-bond donors (Lipinski definition) is 0. The van der Waals surface area contributed by atoms with Crippen molar-refractivity contribution >= 4 is 16.0 Å². The minimum atomic E-state index is -3.64. The van der Waals surface area contributed by atoms with E-state index in [-0.39, 0.29) is 10.9 Å². The van der Waals surface area contributed by atoms with Crippen LogP contribution in [0.5, 0.6) is 0 Å². The number of sulfonamides is 1. The molecule has 0 bridgehead atoms. The Balaban J connectivity index is 1.71. The molecule has 2 aromatic heterocycles. The molecule has 158 valence electrons. The SMILES string of the molecule is CN(C)c1ncc(-c2ccccc2)c([C@@H]2CCCN(S(=O)(=O)c3cn(C)cn3)C2)n1. The monoisotopic (exact) mass is 426 g/mol. The third-order valence-electron chi connectivity index (χ3n) is 5.35. The first-order valence-corrected chi connectivity index (χ1v) is 11.4. The molecule has 0 amide bonds. The number of imidazole rings is 1. The lowest BCUT2D eigenvalue weighted by Crippen LogP contribution is -2.39. The van der Waals surface area contributed by atoms with Gasteiger partial charge in [-0.3, -0.25) is 0 Å². The van der Waals surface area contributed by atoms with Crippen molar-refractivity contribution in [2.75, 3.05) is 32.1 Å². The summed E-state index contributed by atoms with van der Waals surface area (Å²) in [5, 5.41) is 0.0885. The van der Waals surface area contributed by atoms with Gasteiger partial charge in [-0.2, -0.15) is 4.31 Å². The molecule has 4 rings (SSSR count). The maximum atomic E-state index is 13.1. The fourth-order valence-electron chi connectivity index (χ4n) is 3.79. The minimum Gasteiger partial charge on any atom is -0.347 e. The molecule has 0 radical (unpaired) electrons. The van der Waals surface area contributed by atoms with Crippen LogP contribution in [0, 0.1) is 0 Å². The fourth-order valence-corrected chi connectivity index (χ4v) is 5.28. The average molecular weight is 427 g/mol. The molecule has 9 heteroatoms. The van der Waals surface area contributed by atoms with Gasteiger partial charge in [0.25, 0.3) is 10.0 Å². The van der Waals surface area contributed by atoms with Gasteiger partial charge in [-0.1, -0.05) is 30.3 Å². The summed E-state index contributed by atoms with van der Waals surface area (Å²) in [5.41, 5.74) is 2.87. The summed E-state index contributed by atoms with van der Waals surface area (Å²) in [6.07, 6.45) is 6.54. The second-order valence-corrected chi connectivity index (χ2v) is 9.69. The van der Waals surface area contributed by atoms with Crippen LogP contribution in [0.25, 0.3) is 11.1 Å². The number of aromatic nitrogens is 4. The summed E-state index contributed by atoms with van der Waals surface area (Å²) in [6.45, 7) is 0.865. The molecule has 8 nitrogen and oxygen atoms in total. The molecule has 1 aromatic carbocycles. The molecule has 3 aromatic rings. The quantitative estimate of drug-likeness (QED) is 0.623. The molecule has 1 saturated heterocycles. The normalized spacial score (nSPS) is 17.8. The van der Waals surface area contributed by atoms with Crippen molar-refractivity contribution in [3.05, 3.63) is 54.7 Å². The van der Waals surface area contributed by atoms with Crippen LogP contribution in [0.2, 0.25) is 0 Å². The predicted molar refractivity (Wildman–Crippen MR) is 116 cm³/mol. The van der Waals surface area contributed by atoms with Crippen LogP contribution in [0.1, 0.15) is 24.5 Å². The molecule has 3 heterocycles. The Bertz CT molecular complexity index is 1130. The van der Waals surface area contributed by atoms with Crippen molar-refractivity contribution in [3.63, 3.8) is 0 Å². The third kappa shape index (κ3) is 3.95. The zero-order chi connectivity index (χ0) is 21.3. The summed E-state index contributed by atoms with van der Waals surface area (Å²) in [5.74, 6) is 0.600. The number of anilines is 1. The van der Waals surface area contributed by atoms with Gasteiger partial charge in [-0.15, -0.1) is 0 Å². The summed E-state index contributed by atoms with van der Waals surface area (Å²) in [6, 6.07) is 10.0. The number of rotatable bonds is 5. The van der Waals surface area contributed by atoms with E-state index in [4.69, 9.17) is 4.98 Å². The van der Waals surface area contributed by atoms with Crippen molar-refractivity contribution in [2.24, 2.45) is 7.05 Å². The van der Waals surface area contributed by atoms with Gasteiger partial charge in [-0.25, -0.2) is 23.4 Å². The Morgan fingerprint density at radius 1 is 1.13 bits per heavy atom. The molecule has 1 atom stereocenters. The standard InChI is InChI=1S/C21H26N6O2S/c1-25(2)21-22-12-18(16-8-5-4-6-9-16)20(24-21)17-10-7-11-27(13-17)30(28,29)19-14-26(3)15-23-19/h4-6,8-9,12,14-15,17H,7,10-11,13H2,1-3H3/t17-/m1/s1. The summed E-state index contributed by atoms with van der Waals surface area (Å²) < 4.78 is 29.4. The Labute approximate surface area is 177 Å². The van der Waals surface area contributed by atoms with Crippen molar-refractivity contribution in [1.29, 1.82) is 0 Å². The first-order chi connectivity index (χ1) is 14.4. The third-order valence-corrected chi connectivity index (χ3v) is 7.10. The second kappa shape index (κ2) is 8.16. The fraction of sp³-hybridized carbons (Fsp3) is 0.381. The summed E-state index contributed by atoms with van der Waals surface area (Å²) >= 11 is 0. The van der Waals surface area contributed by atoms with E-state index in [0.29, 0.717) is 19.0 Å². The molecule has 0 N–H and O–H groups in total. The highest BCUT2D eigenvalue weighted by atomic mass is 32.2. The zero-order valence-electron chi connectivity index (χ0n) is 17.4. The highest BCUT2D eigenvalue weighted by molar-refractivity contribution is 7.89. The van der Waals surface area contributed by atoms with E-state index < -0.39 is 10.0 Å². The van der Waals surface area contributed by atoms with Gasteiger partial charge in [0.05, 0.1) is 12.0 Å². The first kappa shape index (κ1) is 20.5. The van der Waals surface area contributed by atoms with Crippen molar-refractivity contribution in [1.82, 2.24) is 23.8 Å². The largest absolute Gasteiger partial charge is 0.347 e. The lowest BCUT2D eigenvalue weighted by atomic mass is 9.91. The summed E-state index contributed by atoms with van der Waals surface area (Å²) in [4.78, 5) is 15.3. The van der Waals surface area contributed by atoms with Gasteiger partial charge in [0.2, 0.25) is 5.95 Å². The van der Waals surface area contributed by atoms with Crippen LogP contribution < -0.4 is 4.90 Å². The maximum Gasteiger partial charge on any atom is 0.262 e. The van der Waals surface area contributed by atoms with E-state index in [0.717, 1.165) is 29.7 Å². The molecule has 0 saturated carbocycles. The zero-order valence-corrected chi connectivity index (χ0v) is 18.2. The molecule has 0 spiro atoms. The number of nitrogens with zero attached hydrogens (tertiary/aromatic N) is 6. The Kier molecular flexibility index (Phi) is 5.57. The van der Waals surface area contributed by atoms with E-state index in [1.807, 2.05) is 55.5 Å². The molecule has 30 heavy (non-hydrogen) atoms. The van der Waals surface area contributed by atoms with Crippen LogP contribution in [-0.2, 0) is 17.1 Å². The van der Waals surface area contributed by atoms with Gasteiger partial charge in [0.1, 0.15) is 0 Å². The molecule has 1 aliphatic rings. The Morgan fingerprint density at radius 3 is 2.57 bits per heavy atom. The lowest BCUT2D eigenvalue weighted by molar-refractivity contribution is 0.312. The number of aryl methyl sites for hydroxylation is 1. The molecule has 0 unspecified atom stereocenters. The average Bonchev–Trinajstić information content (AvgIpc) is 3.21. The second-order valence-electron chi connectivity index (χ2n) is 7.81. The molecular formula is C21H26N6O2S. The molecule has 1 aliphatic heterocycles. The van der Waals surface area contributed by atoms with E-state index in [1.165, 1.54) is 10.6 Å². The highest BCUT2D eigenvalue weighted by Crippen LogP contribution is 2.35. The van der Waals surface area contributed by atoms with E-state index >= 15 is 0 Å². The highest BCUT2D eigenvalue weighted by Gasteiger charge is 2.34. The Morgan fingerprint density at radius 2 is 1.90 bits per heavy atom. The molecule has 0 aliphatic carbocycles. The van der Waals surface area contributed by atoms with E-state index in [2.05, 4.69) is 9.97 Å². The van der Waals surface area contributed by atoms with Crippen LogP contribution in [0.15, 0.2) is 54.1 Å². The summed E-state index contributed by atoms with van der Waals surface area (Å²) in [7, 11) is 1.93. The van der Waals surface area contributed by atoms with Gasteiger partial charge < -0.3 is 9.47 Å². The minimum absolute atomic E-state index is 0.0193. The van der Waals surface area contributed by atoms with Crippen molar-refractivity contribution in [3.8, 4) is 11.1 Å². The van der Waals surface area contributed by atoms with Gasteiger partial charge >= 0.3 is 0 Å². The molecular weight excluding hydrogens is 400 g/mol. The number of hydrogen-bond acceptors (Lipinski definition) is 6. The topological polar surface area (TPSA) is 84.2 Å². The van der Waals surface area contributed by atoms with E-state index in [9.17, 15) is 8.42 Å². The molecule has 1 fully saturated rings. The number of piperidine rings is 1. The van der Waals surface area contributed by atoms with Crippen molar-refractivity contribution in [2.45, 2.75) is 23.8 Å². The maximum absolute atomic E-state index is 13.1. The Hall–Kier alpha value is -2.78. The van der Waals surface area contributed by atoms with Crippen LogP contribution in [0.4, 0.5) is 5.95 Å². The van der Waals surface area contributed by atoms with Crippen molar-refractivity contribution < 1.29 is 8.42 Å². The number of benzene rings is 1. The van der Waals surface area contributed by atoms with Gasteiger partial charge in [0, 0.05) is 58.1 Å². The lowest BCUT2D eigenvalue weighted by Gasteiger charge is -2.32. The van der Waals surface area contributed by atoms with Crippen LogP contribution in [-0.4, -0.2) is 59.4 Å². The predicted octanol–water partition coefficient (Wildman–Crippen LogP) is 2.51. The van der Waals surface area contributed by atoms with E-state index in [1.54, 1.807) is 17.8 Å². The smallest absolute Gasteiger partial charge is 0.262 e.